The van der Waals surface area contributed by atoms with Crippen molar-refractivity contribution in [2.75, 3.05) is 0 Å². The second kappa shape index (κ2) is 4.07. The predicted octanol–water partition coefficient (Wildman–Crippen LogP) is 1.16. The van der Waals surface area contributed by atoms with Gasteiger partial charge in [0.05, 0.1) is 0 Å². The second-order valence-electron chi connectivity index (χ2n) is 5.56. The topological polar surface area (TPSA) is 49.4 Å². The van der Waals surface area contributed by atoms with Crippen LogP contribution in [-0.4, -0.2) is 34.3 Å². The van der Waals surface area contributed by atoms with E-state index in [9.17, 15) is 9.59 Å². The molecule has 1 aliphatic heterocycles. The van der Waals surface area contributed by atoms with Gasteiger partial charge >= 0.3 is 0 Å². The fourth-order valence-electron chi connectivity index (χ4n) is 2.27. The zero-order chi connectivity index (χ0) is 12.7. The van der Waals surface area contributed by atoms with Crippen molar-refractivity contribution in [3.63, 3.8) is 0 Å². The maximum Gasteiger partial charge on any atom is 0.246 e. The summed E-state index contributed by atoms with van der Waals surface area (Å²) in [6, 6.07) is -0.349. The van der Waals surface area contributed by atoms with E-state index >= 15 is 0 Å². The molecule has 2 amide bonds. The lowest BCUT2D eigenvalue weighted by Gasteiger charge is -2.47. The van der Waals surface area contributed by atoms with Crippen molar-refractivity contribution in [1.29, 1.82) is 0 Å². The van der Waals surface area contributed by atoms with E-state index in [1.165, 1.54) is 0 Å². The number of nitrogens with zero attached hydrogens (tertiary/aromatic N) is 1. The van der Waals surface area contributed by atoms with Crippen LogP contribution in [0.15, 0.2) is 0 Å². The lowest BCUT2D eigenvalue weighted by molar-refractivity contribution is -0.159. The normalized spacial score (nSPS) is 25.2. The molecular weight excluding hydrogens is 204 g/mol. The van der Waals surface area contributed by atoms with Crippen LogP contribution >= 0.6 is 0 Å². The van der Waals surface area contributed by atoms with E-state index in [0.717, 1.165) is 0 Å². The van der Waals surface area contributed by atoms with Crippen LogP contribution in [-0.2, 0) is 9.59 Å². The maximum atomic E-state index is 12.3. The van der Waals surface area contributed by atoms with E-state index in [1.54, 1.807) is 18.7 Å². The molecule has 1 saturated heterocycles. The molecule has 0 aromatic heterocycles. The third-order valence-electron chi connectivity index (χ3n) is 3.13. The molecule has 1 N–H and O–H groups in total. The molecule has 1 aliphatic rings. The predicted molar refractivity (Wildman–Crippen MR) is 62.8 cm³/mol. The number of carbonyl (C=O) groups is 2. The minimum Gasteiger partial charge on any atom is -0.342 e. The Balaban J connectivity index is 3.09. The maximum absolute atomic E-state index is 12.3. The summed E-state index contributed by atoms with van der Waals surface area (Å²) in [7, 11) is 0. The third kappa shape index (κ3) is 1.93. The first-order valence-electron chi connectivity index (χ1n) is 5.83. The van der Waals surface area contributed by atoms with Gasteiger partial charge in [-0.3, -0.25) is 9.59 Å². The molecule has 1 fully saturated rings. The van der Waals surface area contributed by atoms with Gasteiger partial charge in [-0.15, -0.1) is 0 Å². The number of carbonyl (C=O) groups excluding carboxylic acids is 2. The van der Waals surface area contributed by atoms with Gasteiger partial charge in [-0.05, 0) is 33.6 Å². The highest BCUT2D eigenvalue weighted by Gasteiger charge is 2.47. The zero-order valence-corrected chi connectivity index (χ0v) is 11.0. The lowest BCUT2D eigenvalue weighted by atomic mass is 9.90. The summed E-state index contributed by atoms with van der Waals surface area (Å²) in [6.45, 7) is 11.3. The number of amides is 2. The largest absolute Gasteiger partial charge is 0.342 e. The Hall–Kier alpha value is -1.06. The first-order chi connectivity index (χ1) is 7.19. The highest BCUT2D eigenvalue weighted by atomic mass is 16.2. The Morgan fingerprint density at radius 3 is 2.06 bits per heavy atom. The summed E-state index contributed by atoms with van der Waals surface area (Å²) < 4.78 is 0. The van der Waals surface area contributed by atoms with Crippen LogP contribution in [0.3, 0.4) is 0 Å². The molecule has 1 heterocycles. The van der Waals surface area contributed by atoms with Crippen molar-refractivity contribution in [2.24, 2.45) is 5.92 Å². The number of rotatable bonds is 2. The van der Waals surface area contributed by atoms with Gasteiger partial charge in [0.15, 0.2) is 0 Å². The Morgan fingerprint density at radius 2 is 1.69 bits per heavy atom. The van der Waals surface area contributed by atoms with E-state index in [4.69, 9.17) is 0 Å². The Morgan fingerprint density at radius 1 is 1.19 bits per heavy atom. The van der Waals surface area contributed by atoms with Gasteiger partial charge in [0.1, 0.15) is 11.6 Å². The molecule has 1 atom stereocenters. The Labute approximate surface area is 97.4 Å². The molecular formula is C12H22N2O2. The fraction of sp³-hybridized carbons (Fsp3) is 0.833. The number of nitrogens with one attached hydrogen (secondary N) is 1. The first-order valence-corrected chi connectivity index (χ1v) is 5.83. The Kier molecular flexibility index (Phi) is 3.31. The average Bonchev–Trinajstić information content (AvgIpc) is 2.09. The van der Waals surface area contributed by atoms with E-state index in [1.807, 2.05) is 27.7 Å². The molecule has 0 saturated carbocycles. The molecule has 16 heavy (non-hydrogen) atoms. The van der Waals surface area contributed by atoms with Gasteiger partial charge in [-0.1, -0.05) is 13.8 Å². The first kappa shape index (κ1) is 13.0. The second-order valence-corrected chi connectivity index (χ2v) is 5.56. The summed E-state index contributed by atoms with van der Waals surface area (Å²) >= 11 is 0. The van der Waals surface area contributed by atoms with Gasteiger partial charge in [0.2, 0.25) is 11.8 Å². The van der Waals surface area contributed by atoms with Crippen molar-refractivity contribution >= 4 is 11.8 Å². The molecule has 92 valence electrons. The highest BCUT2D eigenvalue weighted by Crippen LogP contribution is 2.25. The minimum atomic E-state index is -0.753. The number of hydrogen-bond acceptors (Lipinski definition) is 2. The summed E-state index contributed by atoms with van der Waals surface area (Å²) in [5, 5.41) is 2.81. The van der Waals surface area contributed by atoms with Crippen LogP contribution in [0.5, 0.6) is 0 Å². The fourth-order valence-corrected chi connectivity index (χ4v) is 2.27. The molecule has 0 radical (unpaired) electrons. The highest BCUT2D eigenvalue weighted by molar-refractivity contribution is 5.99. The molecule has 0 bridgehead atoms. The van der Waals surface area contributed by atoms with Crippen LogP contribution in [0.2, 0.25) is 0 Å². The molecule has 0 aromatic carbocycles. The summed E-state index contributed by atoms with van der Waals surface area (Å²) in [6.07, 6.45) is 0. The van der Waals surface area contributed by atoms with Gasteiger partial charge in [0, 0.05) is 6.04 Å². The van der Waals surface area contributed by atoms with Crippen LogP contribution in [0.25, 0.3) is 0 Å². The van der Waals surface area contributed by atoms with Crippen molar-refractivity contribution in [3.8, 4) is 0 Å². The van der Waals surface area contributed by atoms with Gasteiger partial charge in [-0.25, -0.2) is 0 Å². The third-order valence-corrected chi connectivity index (χ3v) is 3.13. The van der Waals surface area contributed by atoms with Crippen molar-refractivity contribution in [1.82, 2.24) is 10.2 Å². The summed E-state index contributed by atoms with van der Waals surface area (Å²) in [5.74, 6) is 0.0721. The van der Waals surface area contributed by atoms with E-state index in [-0.39, 0.29) is 29.8 Å². The summed E-state index contributed by atoms with van der Waals surface area (Å²) in [4.78, 5) is 26.0. The van der Waals surface area contributed by atoms with Crippen LogP contribution in [0.4, 0.5) is 0 Å². The SMILES string of the molecule is CC(C)C1NC(=O)C(C)(C)N(C(C)C)C1=O. The van der Waals surface area contributed by atoms with Crippen LogP contribution < -0.4 is 5.32 Å². The molecule has 4 nitrogen and oxygen atoms in total. The average molecular weight is 226 g/mol. The quantitative estimate of drug-likeness (QED) is 0.768. The zero-order valence-electron chi connectivity index (χ0n) is 11.0. The van der Waals surface area contributed by atoms with Crippen molar-refractivity contribution < 1.29 is 9.59 Å². The monoisotopic (exact) mass is 226 g/mol. The molecule has 0 aliphatic carbocycles. The van der Waals surface area contributed by atoms with E-state index in [2.05, 4.69) is 5.32 Å². The van der Waals surface area contributed by atoms with Gasteiger partial charge in [-0.2, -0.15) is 0 Å². The van der Waals surface area contributed by atoms with Crippen molar-refractivity contribution in [2.45, 2.75) is 59.2 Å². The van der Waals surface area contributed by atoms with Gasteiger partial charge < -0.3 is 10.2 Å². The van der Waals surface area contributed by atoms with Crippen molar-refractivity contribution in [3.05, 3.63) is 0 Å². The lowest BCUT2D eigenvalue weighted by Crippen LogP contribution is -2.70. The summed E-state index contributed by atoms with van der Waals surface area (Å²) in [5.41, 5.74) is -0.753. The Bertz CT molecular complexity index is 308. The smallest absolute Gasteiger partial charge is 0.246 e. The van der Waals surface area contributed by atoms with Gasteiger partial charge in [0.25, 0.3) is 0 Å². The van der Waals surface area contributed by atoms with Crippen LogP contribution in [0.1, 0.15) is 41.5 Å². The molecule has 1 unspecified atom stereocenters. The van der Waals surface area contributed by atoms with E-state index < -0.39 is 5.54 Å². The molecule has 1 rings (SSSR count). The minimum absolute atomic E-state index is 0.0228. The number of hydrogen-bond donors (Lipinski definition) is 1. The molecule has 0 spiro atoms. The standard InChI is InChI=1S/C12H22N2O2/c1-7(2)9-10(15)14(8(3)4)12(5,6)11(16)13-9/h7-9H,1-6H3,(H,13,16). The molecule has 0 aromatic rings. The van der Waals surface area contributed by atoms with E-state index in [0.29, 0.717) is 0 Å². The van der Waals surface area contributed by atoms with Crippen LogP contribution in [0, 0.1) is 5.92 Å². The molecule has 4 heteroatoms. The number of piperazine rings is 1.